The molecular formula is C12H15FN2O3. The Balaban J connectivity index is 2.05. The summed E-state index contributed by atoms with van der Waals surface area (Å²) in [5.41, 5.74) is 0.0912. The Kier molecular flexibility index (Phi) is 4.11. The van der Waals surface area contributed by atoms with E-state index in [1.54, 1.807) is 0 Å². The first-order valence-electron chi connectivity index (χ1n) is 5.67. The second-order valence-corrected chi connectivity index (χ2v) is 3.90. The number of rotatable bonds is 3. The van der Waals surface area contributed by atoms with E-state index in [4.69, 9.17) is 9.47 Å². The molecule has 1 fully saturated rings. The summed E-state index contributed by atoms with van der Waals surface area (Å²) in [4.78, 5) is 11.8. The molecule has 5 nitrogen and oxygen atoms in total. The van der Waals surface area contributed by atoms with Gasteiger partial charge in [0.2, 0.25) is 0 Å². The normalized spacial score (nSPS) is 19.3. The van der Waals surface area contributed by atoms with Crippen molar-refractivity contribution in [3.63, 3.8) is 0 Å². The van der Waals surface area contributed by atoms with E-state index in [1.807, 2.05) is 0 Å². The Hall–Kier alpha value is -1.66. The molecule has 2 N–H and O–H groups in total. The molecule has 1 heterocycles. The molecule has 0 bridgehead atoms. The van der Waals surface area contributed by atoms with E-state index in [-0.39, 0.29) is 11.6 Å². The van der Waals surface area contributed by atoms with Crippen LogP contribution < -0.4 is 15.4 Å². The number of hydrogen-bond acceptors (Lipinski definition) is 4. The molecule has 0 aliphatic carbocycles. The quantitative estimate of drug-likeness (QED) is 0.836. The van der Waals surface area contributed by atoms with Crippen molar-refractivity contribution in [2.75, 3.05) is 32.1 Å². The topological polar surface area (TPSA) is 59.6 Å². The number of carbonyl (C=O) groups is 1. The van der Waals surface area contributed by atoms with E-state index >= 15 is 0 Å². The summed E-state index contributed by atoms with van der Waals surface area (Å²) in [6.07, 6.45) is -0.593. The van der Waals surface area contributed by atoms with Crippen LogP contribution in [-0.2, 0) is 9.53 Å². The molecule has 1 aliphatic heterocycles. The van der Waals surface area contributed by atoms with Crippen LogP contribution in [0.25, 0.3) is 0 Å². The molecule has 1 aromatic carbocycles. The van der Waals surface area contributed by atoms with E-state index in [2.05, 4.69) is 10.6 Å². The van der Waals surface area contributed by atoms with E-state index in [0.717, 1.165) is 6.54 Å². The van der Waals surface area contributed by atoms with Gasteiger partial charge in [-0.3, -0.25) is 4.79 Å². The molecule has 1 aromatic rings. The van der Waals surface area contributed by atoms with Crippen LogP contribution in [-0.4, -0.2) is 38.8 Å². The number of ether oxygens (including phenoxy) is 2. The van der Waals surface area contributed by atoms with Crippen LogP contribution in [0.3, 0.4) is 0 Å². The van der Waals surface area contributed by atoms with Crippen molar-refractivity contribution in [1.82, 2.24) is 5.32 Å². The van der Waals surface area contributed by atoms with Gasteiger partial charge >= 0.3 is 0 Å². The molecule has 0 spiro atoms. The Morgan fingerprint density at radius 1 is 1.61 bits per heavy atom. The number of nitrogens with one attached hydrogen (secondary N) is 2. The fraction of sp³-hybridized carbons (Fsp3) is 0.417. The predicted octanol–water partition coefficient (Wildman–Crippen LogP) is 0.761. The Bertz CT molecular complexity index is 433. The van der Waals surface area contributed by atoms with Crippen molar-refractivity contribution in [1.29, 1.82) is 0 Å². The van der Waals surface area contributed by atoms with Crippen molar-refractivity contribution in [3.8, 4) is 5.75 Å². The molecule has 1 amide bonds. The smallest absolute Gasteiger partial charge is 0.254 e. The van der Waals surface area contributed by atoms with Crippen molar-refractivity contribution < 1.29 is 18.7 Å². The number of morpholine rings is 1. The highest BCUT2D eigenvalue weighted by atomic mass is 19.1. The maximum absolute atomic E-state index is 13.5. The zero-order valence-corrected chi connectivity index (χ0v) is 10.0. The van der Waals surface area contributed by atoms with Gasteiger partial charge in [-0.15, -0.1) is 0 Å². The Labute approximate surface area is 104 Å². The van der Waals surface area contributed by atoms with Crippen LogP contribution in [0.15, 0.2) is 18.2 Å². The standard InChI is InChI=1S/C12H15FN2O3/c1-17-8-2-3-9(13)10(6-8)15-12(16)11-7-14-4-5-18-11/h2-3,6,11,14H,4-5,7H2,1H3,(H,15,16). The summed E-state index contributed by atoms with van der Waals surface area (Å²) in [5, 5.41) is 5.53. The largest absolute Gasteiger partial charge is 0.497 e. The van der Waals surface area contributed by atoms with Crippen LogP contribution in [0.1, 0.15) is 0 Å². The van der Waals surface area contributed by atoms with Gasteiger partial charge in [0.05, 0.1) is 19.4 Å². The van der Waals surface area contributed by atoms with Crippen molar-refractivity contribution in [2.45, 2.75) is 6.10 Å². The number of benzene rings is 1. The zero-order valence-electron chi connectivity index (χ0n) is 10.0. The van der Waals surface area contributed by atoms with Crippen molar-refractivity contribution in [2.24, 2.45) is 0 Å². The maximum atomic E-state index is 13.5. The van der Waals surface area contributed by atoms with Crippen molar-refractivity contribution >= 4 is 11.6 Å². The van der Waals surface area contributed by atoms with E-state index in [1.165, 1.54) is 25.3 Å². The summed E-state index contributed by atoms with van der Waals surface area (Å²) >= 11 is 0. The summed E-state index contributed by atoms with van der Waals surface area (Å²) in [6, 6.07) is 4.17. The molecule has 1 aliphatic rings. The monoisotopic (exact) mass is 254 g/mol. The molecular weight excluding hydrogens is 239 g/mol. The average Bonchev–Trinajstić information content (AvgIpc) is 2.42. The molecule has 2 rings (SSSR count). The van der Waals surface area contributed by atoms with Crippen LogP contribution in [0.4, 0.5) is 10.1 Å². The minimum absolute atomic E-state index is 0.0912. The average molecular weight is 254 g/mol. The lowest BCUT2D eigenvalue weighted by Gasteiger charge is -2.22. The number of amides is 1. The first kappa shape index (κ1) is 12.8. The van der Waals surface area contributed by atoms with Gasteiger partial charge in [0, 0.05) is 19.2 Å². The molecule has 1 saturated heterocycles. The fourth-order valence-electron chi connectivity index (χ4n) is 1.67. The molecule has 0 radical (unpaired) electrons. The van der Waals surface area contributed by atoms with Gasteiger partial charge in [0.15, 0.2) is 0 Å². The highest BCUT2D eigenvalue weighted by Gasteiger charge is 2.22. The SMILES string of the molecule is COc1ccc(F)c(NC(=O)C2CNCCO2)c1. The molecule has 18 heavy (non-hydrogen) atoms. The summed E-state index contributed by atoms with van der Waals surface area (Å²) in [6.45, 7) is 1.62. The highest BCUT2D eigenvalue weighted by Crippen LogP contribution is 2.21. The maximum Gasteiger partial charge on any atom is 0.254 e. The number of hydrogen-bond donors (Lipinski definition) is 2. The van der Waals surface area contributed by atoms with Crippen LogP contribution in [0.5, 0.6) is 5.75 Å². The first-order valence-corrected chi connectivity index (χ1v) is 5.67. The lowest BCUT2D eigenvalue weighted by molar-refractivity contribution is -0.128. The zero-order chi connectivity index (χ0) is 13.0. The third-order valence-electron chi connectivity index (χ3n) is 2.65. The van der Waals surface area contributed by atoms with Gasteiger partial charge < -0.3 is 20.1 Å². The Morgan fingerprint density at radius 2 is 2.44 bits per heavy atom. The number of halogens is 1. The van der Waals surface area contributed by atoms with Gasteiger partial charge in [-0.25, -0.2) is 4.39 Å². The van der Waals surface area contributed by atoms with Crippen LogP contribution in [0.2, 0.25) is 0 Å². The second kappa shape index (κ2) is 5.79. The molecule has 6 heteroatoms. The third kappa shape index (κ3) is 2.96. The van der Waals surface area contributed by atoms with Gasteiger partial charge in [-0.1, -0.05) is 0 Å². The van der Waals surface area contributed by atoms with E-state index in [9.17, 15) is 9.18 Å². The van der Waals surface area contributed by atoms with Gasteiger partial charge in [0.25, 0.3) is 5.91 Å². The number of carbonyl (C=O) groups excluding carboxylic acids is 1. The van der Waals surface area contributed by atoms with Gasteiger partial charge in [0.1, 0.15) is 17.7 Å². The van der Waals surface area contributed by atoms with Gasteiger partial charge in [-0.05, 0) is 12.1 Å². The fourth-order valence-corrected chi connectivity index (χ4v) is 1.67. The predicted molar refractivity (Wildman–Crippen MR) is 64.2 cm³/mol. The van der Waals surface area contributed by atoms with Gasteiger partial charge in [-0.2, -0.15) is 0 Å². The van der Waals surface area contributed by atoms with Crippen LogP contribution >= 0.6 is 0 Å². The van der Waals surface area contributed by atoms with Crippen molar-refractivity contribution in [3.05, 3.63) is 24.0 Å². The minimum atomic E-state index is -0.593. The summed E-state index contributed by atoms with van der Waals surface area (Å²) in [7, 11) is 1.48. The lowest BCUT2D eigenvalue weighted by Crippen LogP contribution is -2.45. The summed E-state index contributed by atoms with van der Waals surface area (Å²) < 4.78 is 23.8. The molecule has 0 saturated carbocycles. The number of methoxy groups -OCH3 is 1. The molecule has 98 valence electrons. The molecule has 1 unspecified atom stereocenters. The van der Waals surface area contributed by atoms with Crippen LogP contribution in [0, 0.1) is 5.82 Å². The number of anilines is 1. The molecule has 1 atom stereocenters. The lowest BCUT2D eigenvalue weighted by atomic mass is 10.2. The minimum Gasteiger partial charge on any atom is -0.497 e. The van der Waals surface area contributed by atoms with E-state index in [0.29, 0.717) is 18.9 Å². The Morgan fingerprint density at radius 3 is 3.11 bits per heavy atom. The highest BCUT2D eigenvalue weighted by molar-refractivity contribution is 5.94. The molecule has 0 aromatic heterocycles. The van der Waals surface area contributed by atoms with E-state index < -0.39 is 11.9 Å². The summed E-state index contributed by atoms with van der Waals surface area (Å²) in [5.74, 6) is -0.392. The second-order valence-electron chi connectivity index (χ2n) is 3.90. The third-order valence-corrected chi connectivity index (χ3v) is 2.65. The first-order chi connectivity index (χ1) is 8.70.